The SMILES string of the molecule is Cl.Cl.Cl.c1cc(CNCc2ccncc2)ccn1. The molecule has 100 valence electrons. The standard InChI is InChI=1S/C12H13N3.3ClH/c1-5-13-6-2-11(1)9-15-10-12-3-7-14-8-4-12;;;/h1-8,15H,9-10H2;3*1H. The van der Waals surface area contributed by atoms with Gasteiger partial charge in [0.15, 0.2) is 0 Å². The number of hydrogen-bond donors (Lipinski definition) is 1. The van der Waals surface area contributed by atoms with E-state index in [-0.39, 0.29) is 37.2 Å². The zero-order valence-electron chi connectivity index (χ0n) is 9.65. The predicted molar refractivity (Wildman–Crippen MR) is 80.8 cm³/mol. The molecule has 0 fully saturated rings. The lowest BCUT2D eigenvalue weighted by atomic mass is 10.2. The van der Waals surface area contributed by atoms with Crippen LogP contribution in [0.4, 0.5) is 0 Å². The number of hydrogen-bond acceptors (Lipinski definition) is 3. The molecule has 0 aliphatic carbocycles. The minimum absolute atomic E-state index is 0. The Balaban J connectivity index is 0. The molecule has 2 aromatic rings. The van der Waals surface area contributed by atoms with E-state index in [1.807, 2.05) is 49.1 Å². The highest BCUT2D eigenvalue weighted by Crippen LogP contribution is 1.98. The van der Waals surface area contributed by atoms with E-state index in [4.69, 9.17) is 0 Å². The van der Waals surface area contributed by atoms with Crippen molar-refractivity contribution in [2.45, 2.75) is 13.1 Å². The first-order valence-electron chi connectivity index (χ1n) is 4.94. The molecule has 0 spiro atoms. The average Bonchev–Trinajstić information content (AvgIpc) is 2.32. The van der Waals surface area contributed by atoms with E-state index in [0.717, 1.165) is 13.1 Å². The van der Waals surface area contributed by atoms with Gasteiger partial charge in [-0.3, -0.25) is 9.97 Å². The normalized spacial score (nSPS) is 8.44. The van der Waals surface area contributed by atoms with Crippen molar-refractivity contribution in [1.82, 2.24) is 15.3 Å². The monoisotopic (exact) mass is 307 g/mol. The van der Waals surface area contributed by atoms with E-state index in [1.165, 1.54) is 11.1 Å². The Morgan fingerprint density at radius 1 is 0.667 bits per heavy atom. The van der Waals surface area contributed by atoms with Crippen LogP contribution in [0, 0.1) is 0 Å². The molecular formula is C12H16Cl3N3. The van der Waals surface area contributed by atoms with Crippen molar-refractivity contribution in [2.75, 3.05) is 0 Å². The molecule has 0 aliphatic rings. The molecule has 0 saturated carbocycles. The molecule has 6 heteroatoms. The highest BCUT2D eigenvalue weighted by molar-refractivity contribution is 5.86. The molecule has 0 saturated heterocycles. The Hall–Kier alpha value is -0.870. The number of aromatic nitrogens is 2. The van der Waals surface area contributed by atoms with E-state index in [0.29, 0.717) is 0 Å². The molecule has 3 nitrogen and oxygen atoms in total. The molecule has 0 radical (unpaired) electrons. The molecular weight excluding hydrogens is 293 g/mol. The van der Waals surface area contributed by atoms with E-state index in [9.17, 15) is 0 Å². The summed E-state index contributed by atoms with van der Waals surface area (Å²) in [6.07, 6.45) is 7.24. The highest BCUT2D eigenvalue weighted by Gasteiger charge is 1.92. The maximum absolute atomic E-state index is 3.98. The van der Waals surface area contributed by atoms with E-state index < -0.39 is 0 Å². The molecule has 0 bridgehead atoms. The third-order valence-corrected chi connectivity index (χ3v) is 2.16. The van der Waals surface area contributed by atoms with Gasteiger partial charge in [-0.05, 0) is 35.4 Å². The van der Waals surface area contributed by atoms with Crippen molar-refractivity contribution in [2.24, 2.45) is 0 Å². The zero-order valence-corrected chi connectivity index (χ0v) is 12.1. The lowest BCUT2D eigenvalue weighted by Gasteiger charge is -2.04. The summed E-state index contributed by atoms with van der Waals surface area (Å²) in [4.78, 5) is 7.95. The fourth-order valence-corrected chi connectivity index (χ4v) is 1.35. The van der Waals surface area contributed by atoms with E-state index >= 15 is 0 Å². The van der Waals surface area contributed by atoms with Crippen LogP contribution < -0.4 is 5.32 Å². The third kappa shape index (κ3) is 6.77. The van der Waals surface area contributed by atoms with Crippen LogP contribution in [0.15, 0.2) is 49.1 Å². The zero-order chi connectivity index (χ0) is 10.3. The summed E-state index contributed by atoms with van der Waals surface area (Å²) in [6, 6.07) is 8.05. The van der Waals surface area contributed by atoms with Gasteiger partial charge < -0.3 is 5.32 Å². The number of pyridine rings is 2. The van der Waals surface area contributed by atoms with Gasteiger partial charge in [0, 0.05) is 37.9 Å². The van der Waals surface area contributed by atoms with Crippen molar-refractivity contribution < 1.29 is 0 Å². The Labute approximate surface area is 126 Å². The molecule has 0 aliphatic heterocycles. The number of rotatable bonds is 4. The number of nitrogens with one attached hydrogen (secondary N) is 1. The average molecular weight is 309 g/mol. The first-order chi connectivity index (χ1) is 7.45. The van der Waals surface area contributed by atoms with Gasteiger partial charge in [0.1, 0.15) is 0 Å². The summed E-state index contributed by atoms with van der Waals surface area (Å²) in [6.45, 7) is 1.73. The molecule has 0 atom stereocenters. The summed E-state index contributed by atoms with van der Waals surface area (Å²) in [5.41, 5.74) is 2.50. The van der Waals surface area contributed by atoms with Crippen molar-refractivity contribution >= 4 is 37.2 Å². The molecule has 2 aromatic heterocycles. The molecule has 2 rings (SSSR count). The van der Waals surface area contributed by atoms with Crippen molar-refractivity contribution in [3.05, 3.63) is 60.2 Å². The molecule has 18 heavy (non-hydrogen) atoms. The molecule has 0 aromatic carbocycles. The van der Waals surface area contributed by atoms with Crippen molar-refractivity contribution in [3.8, 4) is 0 Å². The van der Waals surface area contributed by atoms with Crippen LogP contribution in [-0.2, 0) is 13.1 Å². The minimum atomic E-state index is 0. The van der Waals surface area contributed by atoms with Crippen molar-refractivity contribution in [3.63, 3.8) is 0 Å². The van der Waals surface area contributed by atoms with Gasteiger partial charge in [-0.15, -0.1) is 37.2 Å². The van der Waals surface area contributed by atoms with Gasteiger partial charge >= 0.3 is 0 Å². The van der Waals surface area contributed by atoms with Gasteiger partial charge in [0.2, 0.25) is 0 Å². The van der Waals surface area contributed by atoms with Gasteiger partial charge in [-0.1, -0.05) is 0 Å². The fourth-order valence-electron chi connectivity index (χ4n) is 1.35. The maximum Gasteiger partial charge on any atom is 0.0271 e. The van der Waals surface area contributed by atoms with Gasteiger partial charge in [0.25, 0.3) is 0 Å². The molecule has 0 unspecified atom stereocenters. The Morgan fingerprint density at radius 3 is 1.33 bits per heavy atom. The fraction of sp³-hybridized carbons (Fsp3) is 0.167. The first kappa shape index (κ1) is 19.5. The second-order valence-electron chi connectivity index (χ2n) is 3.31. The Morgan fingerprint density at radius 2 is 1.00 bits per heavy atom. The van der Waals surface area contributed by atoms with Crippen LogP contribution in [0.2, 0.25) is 0 Å². The van der Waals surface area contributed by atoms with Crippen LogP contribution >= 0.6 is 37.2 Å². The van der Waals surface area contributed by atoms with Crippen LogP contribution in [0.25, 0.3) is 0 Å². The lowest BCUT2D eigenvalue weighted by Crippen LogP contribution is -2.12. The molecule has 1 N–H and O–H groups in total. The van der Waals surface area contributed by atoms with Crippen LogP contribution in [0.5, 0.6) is 0 Å². The second-order valence-corrected chi connectivity index (χ2v) is 3.31. The molecule has 0 amide bonds. The number of halogens is 3. The van der Waals surface area contributed by atoms with Gasteiger partial charge in [-0.2, -0.15) is 0 Å². The van der Waals surface area contributed by atoms with E-state index in [1.54, 1.807) is 0 Å². The van der Waals surface area contributed by atoms with Gasteiger partial charge in [0.05, 0.1) is 0 Å². The largest absolute Gasteiger partial charge is 0.309 e. The Bertz CT molecular complexity index is 358. The van der Waals surface area contributed by atoms with Crippen molar-refractivity contribution in [1.29, 1.82) is 0 Å². The second kappa shape index (κ2) is 11.2. The summed E-state index contributed by atoms with van der Waals surface area (Å²) >= 11 is 0. The minimum Gasteiger partial charge on any atom is -0.309 e. The highest BCUT2D eigenvalue weighted by atomic mass is 35.5. The van der Waals surface area contributed by atoms with Crippen LogP contribution in [0.3, 0.4) is 0 Å². The molecule has 2 heterocycles. The summed E-state index contributed by atoms with van der Waals surface area (Å²) < 4.78 is 0. The topological polar surface area (TPSA) is 37.8 Å². The summed E-state index contributed by atoms with van der Waals surface area (Å²) in [5.74, 6) is 0. The Kier molecular flexibility index (Phi) is 12.2. The lowest BCUT2D eigenvalue weighted by molar-refractivity contribution is 0.692. The third-order valence-electron chi connectivity index (χ3n) is 2.16. The first-order valence-corrected chi connectivity index (χ1v) is 4.94. The van der Waals surface area contributed by atoms with Crippen LogP contribution in [0.1, 0.15) is 11.1 Å². The summed E-state index contributed by atoms with van der Waals surface area (Å²) in [5, 5.41) is 3.36. The number of nitrogens with zero attached hydrogens (tertiary/aromatic N) is 2. The van der Waals surface area contributed by atoms with Crippen LogP contribution in [-0.4, -0.2) is 9.97 Å². The van der Waals surface area contributed by atoms with Gasteiger partial charge in [-0.25, -0.2) is 0 Å². The maximum atomic E-state index is 3.98. The van der Waals surface area contributed by atoms with E-state index in [2.05, 4.69) is 15.3 Å². The smallest absolute Gasteiger partial charge is 0.0271 e. The predicted octanol–water partition coefficient (Wildman–Crippen LogP) is 3.03. The summed E-state index contributed by atoms with van der Waals surface area (Å²) in [7, 11) is 0. The quantitative estimate of drug-likeness (QED) is 0.943.